The van der Waals surface area contributed by atoms with Crippen LogP contribution in [0.5, 0.6) is 5.75 Å². The number of amides is 1. The number of carbonyl (C=O) groups excluding carboxylic acids is 1. The highest BCUT2D eigenvalue weighted by Crippen LogP contribution is 2.44. The van der Waals surface area contributed by atoms with Crippen molar-refractivity contribution in [3.63, 3.8) is 0 Å². The molecule has 0 saturated carbocycles. The zero-order chi connectivity index (χ0) is 33.9. The molecule has 2 aliphatic rings. The minimum atomic E-state index is -0.602. The summed E-state index contributed by atoms with van der Waals surface area (Å²) in [5.41, 5.74) is 11.2. The summed E-state index contributed by atoms with van der Waals surface area (Å²) in [6.07, 6.45) is 7.60. The van der Waals surface area contributed by atoms with E-state index in [0.29, 0.717) is 46.8 Å². The lowest BCUT2D eigenvalue weighted by Crippen LogP contribution is -2.24. The summed E-state index contributed by atoms with van der Waals surface area (Å²) in [6, 6.07) is 10.2. The maximum atomic E-state index is 13.4. The molecule has 0 bridgehead atoms. The second kappa shape index (κ2) is 14.4. The molecule has 1 fully saturated rings. The minimum Gasteiger partial charge on any atom is -0.496 e. The van der Waals surface area contributed by atoms with Gasteiger partial charge < -0.3 is 25.3 Å². The quantitative estimate of drug-likeness (QED) is 0.0954. The second-order valence-corrected chi connectivity index (χ2v) is 14.2. The Kier molecular flexibility index (Phi) is 10.1. The monoisotopic (exact) mass is 668 g/mol. The molecule has 0 unspecified atom stereocenters. The van der Waals surface area contributed by atoms with Crippen molar-refractivity contribution in [3.8, 4) is 16.2 Å². The van der Waals surface area contributed by atoms with Crippen LogP contribution in [0.25, 0.3) is 20.5 Å². The van der Waals surface area contributed by atoms with Crippen molar-refractivity contribution >= 4 is 44.9 Å². The number of fused-ring (bicyclic) bond motifs is 2. The van der Waals surface area contributed by atoms with Crippen LogP contribution in [0.15, 0.2) is 36.5 Å². The Balaban J connectivity index is 1.49. The van der Waals surface area contributed by atoms with Gasteiger partial charge in [-0.15, -0.1) is 11.3 Å². The summed E-state index contributed by atoms with van der Waals surface area (Å²) in [6.45, 7) is 7.16. The van der Waals surface area contributed by atoms with Crippen molar-refractivity contribution in [3.05, 3.63) is 70.2 Å². The molecule has 10 nitrogen and oxygen atoms in total. The lowest BCUT2D eigenvalue weighted by atomic mass is 9.89. The largest absolute Gasteiger partial charge is 0.496 e. The molecule has 3 aromatic heterocycles. The fourth-order valence-electron chi connectivity index (χ4n) is 7.06. The standard InChI is InChI=1S/C37H44N6O4S/c1-20(2)18-28-31(35(39)44)33(32(36(40)47-21(3)38)27(42-28)10-8-22-13-16-46-17-14-22)30-19-23-12-15-41-37(34(23)48-30)43-26-11-9-25-24(26)6-5-7-29(25)45-4/h5-7,12,15,19-20,22,26,38,40H,8-11,13-14,16-18H2,1-4H3,(H2,39,44)(H,41,43)/t26-/m1/s1. The number of aryl methyl sites for hydroxylation is 1. The topological polar surface area (TPSA) is 156 Å². The first-order valence-electron chi connectivity index (χ1n) is 16.7. The van der Waals surface area contributed by atoms with Crippen LogP contribution in [0.3, 0.4) is 0 Å². The number of hydrogen-bond donors (Lipinski definition) is 4. The molecule has 48 heavy (non-hydrogen) atoms. The number of nitrogens with two attached hydrogens (primary N) is 1. The van der Waals surface area contributed by atoms with Crippen molar-refractivity contribution in [2.45, 2.75) is 71.8 Å². The Hall–Kier alpha value is -4.35. The summed E-state index contributed by atoms with van der Waals surface area (Å²) in [5.74, 6) is 1.42. The number of nitrogens with zero attached hydrogens (tertiary/aromatic N) is 2. The van der Waals surface area contributed by atoms with E-state index in [1.54, 1.807) is 13.3 Å². The van der Waals surface area contributed by atoms with Gasteiger partial charge in [0.15, 0.2) is 5.90 Å². The summed E-state index contributed by atoms with van der Waals surface area (Å²) >= 11 is 1.51. The van der Waals surface area contributed by atoms with Gasteiger partial charge in [-0.2, -0.15) is 0 Å². The van der Waals surface area contributed by atoms with E-state index in [1.807, 2.05) is 24.3 Å². The molecular formula is C37H44N6O4S. The molecule has 11 heteroatoms. The predicted molar refractivity (Wildman–Crippen MR) is 191 cm³/mol. The van der Waals surface area contributed by atoms with E-state index in [2.05, 4.69) is 25.2 Å². The number of thiophene rings is 1. The summed E-state index contributed by atoms with van der Waals surface area (Å²) in [7, 11) is 1.70. The molecule has 1 aliphatic heterocycles. The molecule has 1 aliphatic carbocycles. The molecular weight excluding hydrogens is 625 g/mol. The Morgan fingerprint density at radius 2 is 1.94 bits per heavy atom. The van der Waals surface area contributed by atoms with Gasteiger partial charge in [0.2, 0.25) is 5.90 Å². The van der Waals surface area contributed by atoms with Gasteiger partial charge in [-0.1, -0.05) is 26.0 Å². The third kappa shape index (κ3) is 6.93. The van der Waals surface area contributed by atoms with Crippen LogP contribution in [0.4, 0.5) is 5.82 Å². The molecule has 4 heterocycles. The number of rotatable bonds is 11. The number of anilines is 1. The summed E-state index contributed by atoms with van der Waals surface area (Å²) in [5, 5.41) is 21.8. The van der Waals surface area contributed by atoms with Crippen molar-refractivity contribution < 1.29 is 19.0 Å². The summed E-state index contributed by atoms with van der Waals surface area (Å²) in [4.78, 5) is 24.0. The number of methoxy groups -OCH3 is 1. The fourth-order valence-corrected chi connectivity index (χ4v) is 8.22. The zero-order valence-corrected chi connectivity index (χ0v) is 28.9. The van der Waals surface area contributed by atoms with Gasteiger partial charge in [-0.05, 0) is 91.5 Å². The van der Waals surface area contributed by atoms with Crippen LogP contribution in [-0.4, -0.2) is 48.0 Å². The Bertz CT molecular complexity index is 1860. The van der Waals surface area contributed by atoms with Crippen LogP contribution in [0, 0.1) is 22.7 Å². The van der Waals surface area contributed by atoms with Gasteiger partial charge >= 0.3 is 0 Å². The lowest BCUT2D eigenvalue weighted by molar-refractivity contribution is 0.0639. The molecule has 1 aromatic carbocycles. The maximum Gasteiger partial charge on any atom is 0.251 e. The highest BCUT2D eigenvalue weighted by Gasteiger charge is 2.31. The third-order valence-corrected chi connectivity index (χ3v) is 10.4. The average Bonchev–Trinajstić information content (AvgIpc) is 3.68. The van der Waals surface area contributed by atoms with Crippen molar-refractivity contribution in [2.24, 2.45) is 17.6 Å². The molecule has 4 aromatic rings. The smallest absolute Gasteiger partial charge is 0.251 e. The molecule has 1 saturated heterocycles. The van der Waals surface area contributed by atoms with Gasteiger partial charge in [0.05, 0.1) is 40.4 Å². The molecule has 1 atom stereocenters. The zero-order valence-electron chi connectivity index (χ0n) is 28.1. The van der Waals surface area contributed by atoms with Crippen molar-refractivity contribution in [1.82, 2.24) is 9.97 Å². The molecule has 1 amide bonds. The van der Waals surface area contributed by atoms with E-state index in [-0.39, 0.29) is 23.8 Å². The Morgan fingerprint density at radius 1 is 1.15 bits per heavy atom. The lowest BCUT2D eigenvalue weighted by Gasteiger charge is -2.24. The molecule has 0 spiro atoms. The van der Waals surface area contributed by atoms with Crippen LogP contribution in [-0.2, 0) is 28.7 Å². The van der Waals surface area contributed by atoms with E-state index >= 15 is 0 Å². The van der Waals surface area contributed by atoms with Crippen LogP contribution < -0.4 is 15.8 Å². The van der Waals surface area contributed by atoms with Gasteiger partial charge in [0.25, 0.3) is 5.91 Å². The van der Waals surface area contributed by atoms with Gasteiger partial charge in [-0.25, -0.2) is 4.98 Å². The van der Waals surface area contributed by atoms with Crippen molar-refractivity contribution in [1.29, 1.82) is 10.8 Å². The number of primary amides is 1. The maximum absolute atomic E-state index is 13.4. The third-order valence-electron chi connectivity index (χ3n) is 9.25. The van der Waals surface area contributed by atoms with E-state index in [1.165, 1.54) is 29.4 Å². The van der Waals surface area contributed by atoms with Crippen LogP contribution in [0.1, 0.15) is 90.9 Å². The second-order valence-electron chi connectivity index (χ2n) is 13.1. The number of hydrogen-bond acceptors (Lipinski definition) is 10. The van der Waals surface area contributed by atoms with E-state index < -0.39 is 5.91 Å². The number of aromatic nitrogens is 2. The molecule has 0 radical (unpaired) electrons. The SMILES string of the molecule is COc1cccc2c1CC[C@H]2Nc1nccc2cc(-c3c(C(=N)OC(C)=N)c(CCC4CCOCC4)nc(CC(C)C)c3C(N)=O)sc12. The summed E-state index contributed by atoms with van der Waals surface area (Å²) < 4.78 is 17.8. The number of nitrogens with one attached hydrogen (secondary N) is 3. The highest BCUT2D eigenvalue weighted by molar-refractivity contribution is 7.22. The van der Waals surface area contributed by atoms with E-state index in [9.17, 15) is 4.79 Å². The van der Waals surface area contributed by atoms with Crippen LogP contribution in [0.2, 0.25) is 0 Å². The normalized spacial score (nSPS) is 16.2. The minimum absolute atomic E-state index is 0.0722. The Labute approximate surface area is 285 Å². The number of ether oxygens (including phenoxy) is 3. The molecule has 5 N–H and O–H groups in total. The fraction of sp³-hybridized carbons (Fsp3) is 0.432. The molecule has 252 valence electrons. The highest BCUT2D eigenvalue weighted by atomic mass is 32.1. The van der Waals surface area contributed by atoms with Gasteiger partial charge in [0.1, 0.15) is 11.6 Å². The first kappa shape index (κ1) is 33.5. The number of carbonyl (C=O) groups is 1. The number of pyridine rings is 2. The van der Waals surface area contributed by atoms with Gasteiger partial charge in [0, 0.05) is 36.8 Å². The predicted octanol–water partition coefficient (Wildman–Crippen LogP) is 7.46. The average molecular weight is 669 g/mol. The first-order valence-corrected chi connectivity index (χ1v) is 17.5. The van der Waals surface area contributed by atoms with Crippen molar-refractivity contribution in [2.75, 3.05) is 25.6 Å². The van der Waals surface area contributed by atoms with Gasteiger partial charge in [-0.3, -0.25) is 20.6 Å². The van der Waals surface area contributed by atoms with E-state index in [0.717, 1.165) is 71.8 Å². The van der Waals surface area contributed by atoms with E-state index in [4.69, 9.17) is 40.7 Å². The Morgan fingerprint density at radius 3 is 2.65 bits per heavy atom. The van der Waals surface area contributed by atoms with Crippen LogP contribution >= 0.6 is 11.3 Å². The first-order chi connectivity index (χ1) is 23.1. The number of benzene rings is 1. The molecule has 6 rings (SSSR count).